The first-order valence-corrected chi connectivity index (χ1v) is 5.20. The molecule has 2 rings (SSSR count). The number of hydrogen-bond acceptors (Lipinski definition) is 3. The summed E-state index contributed by atoms with van der Waals surface area (Å²) in [6.07, 6.45) is 1.86. The maximum absolute atomic E-state index is 10.6. The molecule has 1 aromatic rings. The van der Waals surface area contributed by atoms with E-state index < -0.39 is 11.1 Å². The molecule has 0 amide bonds. The summed E-state index contributed by atoms with van der Waals surface area (Å²) in [5.41, 5.74) is 0.993. The summed E-state index contributed by atoms with van der Waals surface area (Å²) >= 11 is -2.13. The zero-order valence-electron chi connectivity index (χ0n) is 7.99. The average Bonchev–Trinajstić information content (AvgIpc) is 2.17. The Morgan fingerprint density at radius 3 is 2.93 bits per heavy atom. The third-order valence-electron chi connectivity index (χ3n) is 2.07. The Bertz CT molecular complexity index is 354. The van der Waals surface area contributed by atoms with E-state index in [0.29, 0.717) is 4.90 Å². The van der Waals surface area contributed by atoms with Crippen LogP contribution in [0.5, 0.6) is 5.75 Å². The number of benzene rings is 1. The Balaban J connectivity index is 0.000000980. The molecule has 1 unspecified atom stereocenters. The van der Waals surface area contributed by atoms with Crippen molar-refractivity contribution >= 4 is 11.1 Å². The van der Waals surface area contributed by atoms with Crippen molar-refractivity contribution in [1.29, 1.82) is 0 Å². The van der Waals surface area contributed by atoms with Crippen LogP contribution in [0, 0.1) is 0 Å². The van der Waals surface area contributed by atoms with Crippen molar-refractivity contribution in [2.24, 2.45) is 0 Å². The van der Waals surface area contributed by atoms with Crippen LogP contribution in [-0.2, 0) is 17.5 Å². The number of fused-ring (bicyclic) bond motifs is 1. The van der Waals surface area contributed by atoms with Crippen LogP contribution in [0.15, 0.2) is 23.1 Å². The Kier molecular flexibility index (Phi) is 4.60. The molecule has 0 saturated heterocycles. The van der Waals surface area contributed by atoms with Gasteiger partial charge in [0.15, 0.2) is 0 Å². The van der Waals surface area contributed by atoms with E-state index in [2.05, 4.69) is 0 Å². The van der Waals surface area contributed by atoms with E-state index >= 15 is 0 Å². The SMILES string of the molecule is O=S([O-])c1ccc2c(c1)CCCO2.[Na+]. The summed E-state index contributed by atoms with van der Waals surface area (Å²) in [7, 11) is 0. The third-order valence-corrected chi connectivity index (χ3v) is 2.71. The van der Waals surface area contributed by atoms with Crippen molar-refractivity contribution < 1.29 is 43.1 Å². The van der Waals surface area contributed by atoms with Gasteiger partial charge in [-0.05, 0) is 47.7 Å². The van der Waals surface area contributed by atoms with Crippen LogP contribution in [0.3, 0.4) is 0 Å². The molecule has 3 nitrogen and oxygen atoms in total. The molecular formula is C9H9NaO3S. The van der Waals surface area contributed by atoms with E-state index in [0.717, 1.165) is 30.8 Å². The van der Waals surface area contributed by atoms with Crippen molar-refractivity contribution in [3.63, 3.8) is 0 Å². The zero-order chi connectivity index (χ0) is 9.26. The van der Waals surface area contributed by atoms with Crippen LogP contribution in [0.4, 0.5) is 0 Å². The second-order valence-electron chi connectivity index (χ2n) is 2.96. The number of rotatable bonds is 1. The second-order valence-corrected chi connectivity index (χ2v) is 3.90. The molecule has 1 aliphatic rings. The van der Waals surface area contributed by atoms with Crippen molar-refractivity contribution in [3.05, 3.63) is 23.8 Å². The number of hydrogen-bond donors (Lipinski definition) is 0. The molecule has 1 aromatic carbocycles. The topological polar surface area (TPSA) is 49.4 Å². The molecule has 0 fully saturated rings. The minimum absolute atomic E-state index is 0. The minimum atomic E-state index is -2.13. The van der Waals surface area contributed by atoms with Gasteiger partial charge in [-0.2, -0.15) is 0 Å². The van der Waals surface area contributed by atoms with Gasteiger partial charge in [-0.1, -0.05) is 0 Å². The Morgan fingerprint density at radius 2 is 2.21 bits per heavy atom. The van der Waals surface area contributed by atoms with Crippen molar-refractivity contribution in [2.45, 2.75) is 17.7 Å². The van der Waals surface area contributed by atoms with E-state index in [9.17, 15) is 8.76 Å². The Labute approximate surface area is 107 Å². The Morgan fingerprint density at radius 1 is 1.43 bits per heavy atom. The van der Waals surface area contributed by atoms with Gasteiger partial charge in [-0.25, -0.2) is 0 Å². The summed E-state index contributed by atoms with van der Waals surface area (Å²) < 4.78 is 26.6. The molecule has 1 aliphatic heterocycles. The molecule has 0 N–H and O–H groups in total. The van der Waals surface area contributed by atoms with Crippen molar-refractivity contribution in [3.8, 4) is 5.75 Å². The van der Waals surface area contributed by atoms with Gasteiger partial charge in [-0.3, -0.25) is 4.21 Å². The fourth-order valence-electron chi connectivity index (χ4n) is 1.44. The van der Waals surface area contributed by atoms with E-state index in [1.54, 1.807) is 18.2 Å². The summed E-state index contributed by atoms with van der Waals surface area (Å²) in [6, 6.07) is 4.96. The fourth-order valence-corrected chi connectivity index (χ4v) is 1.86. The largest absolute Gasteiger partial charge is 1.00 e. The van der Waals surface area contributed by atoms with Crippen molar-refractivity contribution in [2.75, 3.05) is 6.61 Å². The first-order chi connectivity index (χ1) is 6.27. The predicted molar refractivity (Wildman–Crippen MR) is 47.4 cm³/mol. The van der Waals surface area contributed by atoms with E-state index in [4.69, 9.17) is 4.74 Å². The zero-order valence-corrected chi connectivity index (χ0v) is 10.8. The maximum Gasteiger partial charge on any atom is 1.00 e. The fraction of sp³-hybridized carbons (Fsp3) is 0.333. The van der Waals surface area contributed by atoms with E-state index in [1.807, 2.05) is 0 Å². The van der Waals surface area contributed by atoms with E-state index in [-0.39, 0.29) is 29.6 Å². The smallest absolute Gasteiger partial charge is 0.768 e. The molecular weight excluding hydrogens is 211 g/mol. The van der Waals surface area contributed by atoms with Crippen LogP contribution in [0.2, 0.25) is 0 Å². The van der Waals surface area contributed by atoms with Crippen LogP contribution in [0.25, 0.3) is 0 Å². The van der Waals surface area contributed by atoms with Crippen LogP contribution < -0.4 is 34.3 Å². The quantitative estimate of drug-likeness (QED) is 0.417. The molecule has 0 bridgehead atoms. The number of ether oxygens (including phenoxy) is 1. The van der Waals surface area contributed by atoms with Gasteiger partial charge in [0, 0.05) is 4.90 Å². The monoisotopic (exact) mass is 220 g/mol. The molecule has 1 heterocycles. The Hall–Kier alpha value is 0.130. The average molecular weight is 220 g/mol. The molecule has 0 aliphatic carbocycles. The molecule has 0 saturated carbocycles. The summed E-state index contributed by atoms with van der Waals surface area (Å²) in [6.45, 7) is 0.729. The summed E-state index contributed by atoms with van der Waals surface area (Å²) in [5.74, 6) is 0.820. The third kappa shape index (κ3) is 2.58. The minimum Gasteiger partial charge on any atom is -0.768 e. The first kappa shape index (κ1) is 12.2. The molecule has 0 radical (unpaired) electrons. The molecule has 0 aromatic heterocycles. The van der Waals surface area contributed by atoms with Gasteiger partial charge in [0.05, 0.1) is 6.61 Å². The van der Waals surface area contributed by atoms with Gasteiger partial charge in [-0.15, -0.1) is 0 Å². The molecule has 0 spiro atoms. The standard InChI is InChI=1S/C9H10O3S.Na/c10-13(11)8-3-4-9-7(6-8)2-1-5-12-9;/h3-4,6H,1-2,5H2,(H,10,11);/q;+1/p-1. The van der Waals surface area contributed by atoms with Crippen LogP contribution >= 0.6 is 0 Å². The normalized spacial score (nSPS) is 16.1. The molecule has 70 valence electrons. The van der Waals surface area contributed by atoms with E-state index in [1.165, 1.54) is 0 Å². The van der Waals surface area contributed by atoms with Gasteiger partial charge in [0.25, 0.3) is 0 Å². The molecule has 5 heteroatoms. The summed E-state index contributed by atoms with van der Waals surface area (Å²) in [4.78, 5) is 0.337. The van der Waals surface area contributed by atoms with Gasteiger partial charge in [0.2, 0.25) is 0 Å². The first-order valence-electron chi connectivity index (χ1n) is 4.12. The second kappa shape index (κ2) is 5.28. The van der Waals surface area contributed by atoms with Crippen molar-refractivity contribution in [1.82, 2.24) is 0 Å². The van der Waals surface area contributed by atoms with Crippen LogP contribution in [-0.4, -0.2) is 15.4 Å². The number of aryl methyl sites for hydroxylation is 1. The van der Waals surface area contributed by atoms with Crippen LogP contribution in [0.1, 0.15) is 12.0 Å². The maximum atomic E-state index is 10.6. The van der Waals surface area contributed by atoms with Gasteiger partial charge >= 0.3 is 29.6 Å². The molecule has 14 heavy (non-hydrogen) atoms. The molecule has 1 atom stereocenters. The van der Waals surface area contributed by atoms with Gasteiger partial charge < -0.3 is 9.29 Å². The van der Waals surface area contributed by atoms with Gasteiger partial charge in [0.1, 0.15) is 5.75 Å². The predicted octanol–water partition coefficient (Wildman–Crippen LogP) is -1.75. The summed E-state index contributed by atoms with van der Waals surface area (Å²) in [5, 5.41) is 0.